The third-order valence-electron chi connectivity index (χ3n) is 3.87. The minimum atomic E-state index is 0.0879. The SMILES string of the molecule is CC(C1CC1)N(C)C(=O)[C@H]1CCCCN1. The van der Waals surface area contributed by atoms with Crippen LogP contribution in [0.2, 0.25) is 0 Å². The normalized spacial score (nSPS) is 28.5. The first-order valence-corrected chi connectivity index (χ1v) is 6.20. The molecule has 0 aromatic heterocycles. The van der Waals surface area contributed by atoms with Gasteiger partial charge in [0.15, 0.2) is 0 Å². The zero-order valence-electron chi connectivity index (χ0n) is 9.83. The molecule has 1 N–H and O–H groups in total. The molecule has 1 heterocycles. The molecule has 2 rings (SSSR count). The predicted octanol–water partition coefficient (Wildman–Crippen LogP) is 1.39. The molecule has 1 saturated carbocycles. The standard InChI is InChI=1S/C12H22N2O/c1-9(10-6-7-10)14(2)12(15)11-5-3-4-8-13-11/h9-11,13H,3-8H2,1-2H3/t9?,11-/m1/s1. The molecule has 2 aliphatic rings. The average molecular weight is 210 g/mol. The molecule has 0 radical (unpaired) electrons. The minimum Gasteiger partial charge on any atom is -0.341 e. The van der Waals surface area contributed by atoms with E-state index in [0.717, 1.165) is 18.9 Å². The van der Waals surface area contributed by atoms with Crippen LogP contribution >= 0.6 is 0 Å². The summed E-state index contributed by atoms with van der Waals surface area (Å²) in [5.41, 5.74) is 0. The Morgan fingerprint density at radius 1 is 1.33 bits per heavy atom. The average Bonchev–Trinajstić information content (AvgIpc) is 3.11. The van der Waals surface area contributed by atoms with E-state index in [9.17, 15) is 4.79 Å². The van der Waals surface area contributed by atoms with Gasteiger partial charge >= 0.3 is 0 Å². The van der Waals surface area contributed by atoms with Crippen molar-refractivity contribution in [3.63, 3.8) is 0 Å². The van der Waals surface area contributed by atoms with E-state index in [1.165, 1.54) is 25.7 Å². The lowest BCUT2D eigenvalue weighted by molar-refractivity contribution is -0.134. The Morgan fingerprint density at radius 2 is 2.07 bits per heavy atom. The monoisotopic (exact) mass is 210 g/mol. The second kappa shape index (κ2) is 4.52. The molecule has 2 atom stereocenters. The molecular weight excluding hydrogens is 188 g/mol. The van der Waals surface area contributed by atoms with E-state index < -0.39 is 0 Å². The van der Waals surface area contributed by atoms with Crippen molar-refractivity contribution in [1.82, 2.24) is 10.2 Å². The maximum Gasteiger partial charge on any atom is 0.239 e. The highest BCUT2D eigenvalue weighted by atomic mass is 16.2. The molecule has 0 spiro atoms. The maximum atomic E-state index is 12.1. The number of likely N-dealkylation sites (N-methyl/N-ethyl adjacent to an activating group) is 1. The van der Waals surface area contributed by atoms with E-state index in [0.29, 0.717) is 11.9 Å². The minimum absolute atomic E-state index is 0.0879. The van der Waals surface area contributed by atoms with Gasteiger partial charge in [-0.1, -0.05) is 6.42 Å². The smallest absolute Gasteiger partial charge is 0.239 e. The molecule has 2 fully saturated rings. The molecule has 1 aliphatic carbocycles. The summed E-state index contributed by atoms with van der Waals surface area (Å²) in [6, 6.07) is 0.520. The lowest BCUT2D eigenvalue weighted by Crippen LogP contribution is -2.50. The van der Waals surface area contributed by atoms with E-state index in [1.54, 1.807) is 0 Å². The largest absolute Gasteiger partial charge is 0.341 e. The Kier molecular flexibility index (Phi) is 3.29. The van der Waals surface area contributed by atoms with E-state index >= 15 is 0 Å². The molecule has 15 heavy (non-hydrogen) atoms. The van der Waals surface area contributed by atoms with Crippen LogP contribution in [-0.4, -0.2) is 36.5 Å². The molecule has 1 amide bonds. The van der Waals surface area contributed by atoms with E-state index in [2.05, 4.69) is 12.2 Å². The molecule has 3 heteroatoms. The second-order valence-electron chi connectivity index (χ2n) is 5.03. The second-order valence-corrected chi connectivity index (χ2v) is 5.03. The van der Waals surface area contributed by atoms with E-state index in [4.69, 9.17) is 0 Å². The van der Waals surface area contributed by atoms with Crippen LogP contribution < -0.4 is 5.32 Å². The number of rotatable bonds is 3. The Balaban J connectivity index is 1.87. The van der Waals surface area contributed by atoms with Gasteiger partial charge in [0.25, 0.3) is 0 Å². The van der Waals surface area contributed by atoms with Crippen LogP contribution in [0.4, 0.5) is 0 Å². The maximum absolute atomic E-state index is 12.1. The van der Waals surface area contributed by atoms with Crippen LogP contribution in [0.15, 0.2) is 0 Å². The number of nitrogens with one attached hydrogen (secondary N) is 1. The number of carbonyl (C=O) groups is 1. The molecule has 0 bridgehead atoms. The molecule has 1 unspecified atom stereocenters. The summed E-state index contributed by atoms with van der Waals surface area (Å²) in [5, 5.41) is 3.32. The Bertz CT molecular complexity index is 232. The number of carbonyl (C=O) groups excluding carboxylic acids is 1. The molecule has 0 aromatic carbocycles. The van der Waals surface area contributed by atoms with Crippen molar-refractivity contribution in [2.75, 3.05) is 13.6 Å². The number of hydrogen-bond donors (Lipinski definition) is 1. The van der Waals surface area contributed by atoms with Crippen LogP contribution in [0, 0.1) is 5.92 Å². The summed E-state index contributed by atoms with van der Waals surface area (Å²) >= 11 is 0. The van der Waals surface area contributed by atoms with Crippen LogP contribution in [0.3, 0.4) is 0 Å². The van der Waals surface area contributed by atoms with Gasteiger partial charge in [0.05, 0.1) is 6.04 Å². The van der Waals surface area contributed by atoms with Crippen molar-refractivity contribution in [2.24, 2.45) is 5.92 Å². The van der Waals surface area contributed by atoms with Gasteiger partial charge in [0.2, 0.25) is 5.91 Å². The molecule has 0 aromatic rings. The van der Waals surface area contributed by atoms with Crippen molar-refractivity contribution in [3.8, 4) is 0 Å². The molecule has 1 saturated heterocycles. The lowest BCUT2D eigenvalue weighted by atomic mass is 10.0. The quantitative estimate of drug-likeness (QED) is 0.763. The fraction of sp³-hybridized carbons (Fsp3) is 0.917. The first-order valence-electron chi connectivity index (χ1n) is 6.20. The molecular formula is C12H22N2O. The van der Waals surface area contributed by atoms with Crippen molar-refractivity contribution in [2.45, 2.75) is 51.1 Å². The third-order valence-corrected chi connectivity index (χ3v) is 3.87. The van der Waals surface area contributed by atoms with Gasteiger partial charge in [0, 0.05) is 13.1 Å². The summed E-state index contributed by atoms with van der Waals surface area (Å²) < 4.78 is 0. The van der Waals surface area contributed by atoms with E-state index in [-0.39, 0.29) is 6.04 Å². The van der Waals surface area contributed by atoms with Crippen LogP contribution in [0.5, 0.6) is 0 Å². The van der Waals surface area contributed by atoms with Crippen LogP contribution in [0.1, 0.15) is 39.0 Å². The van der Waals surface area contributed by atoms with Crippen LogP contribution in [0.25, 0.3) is 0 Å². The highest BCUT2D eigenvalue weighted by Crippen LogP contribution is 2.34. The molecule has 3 nitrogen and oxygen atoms in total. The Hall–Kier alpha value is -0.570. The zero-order valence-corrected chi connectivity index (χ0v) is 9.83. The van der Waals surface area contributed by atoms with Gasteiger partial charge in [-0.2, -0.15) is 0 Å². The van der Waals surface area contributed by atoms with Gasteiger partial charge in [-0.25, -0.2) is 0 Å². The topological polar surface area (TPSA) is 32.3 Å². The number of nitrogens with zero attached hydrogens (tertiary/aromatic N) is 1. The van der Waals surface area contributed by atoms with Gasteiger partial charge in [-0.3, -0.25) is 4.79 Å². The summed E-state index contributed by atoms with van der Waals surface area (Å²) in [7, 11) is 1.96. The third kappa shape index (κ3) is 2.51. The molecule has 1 aliphatic heterocycles. The number of hydrogen-bond acceptors (Lipinski definition) is 2. The van der Waals surface area contributed by atoms with Crippen molar-refractivity contribution in [3.05, 3.63) is 0 Å². The lowest BCUT2D eigenvalue weighted by Gasteiger charge is -2.31. The van der Waals surface area contributed by atoms with Gasteiger partial charge in [-0.15, -0.1) is 0 Å². The fourth-order valence-corrected chi connectivity index (χ4v) is 2.40. The van der Waals surface area contributed by atoms with Crippen molar-refractivity contribution in [1.29, 1.82) is 0 Å². The number of amides is 1. The Labute approximate surface area is 92.2 Å². The Morgan fingerprint density at radius 3 is 2.60 bits per heavy atom. The summed E-state index contributed by atoms with van der Waals surface area (Å²) in [6.45, 7) is 3.18. The number of piperidine rings is 1. The van der Waals surface area contributed by atoms with Gasteiger partial charge in [0.1, 0.15) is 0 Å². The van der Waals surface area contributed by atoms with Gasteiger partial charge < -0.3 is 10.2 Å². The van der Waals surface area contributed by atoms with E-state index in [1.807, 2.05) is 11.9 Å². The summed E-state index contributed by atoms with van der Waals surface area (Å²) in [5.74, 6) is 1.07. The van der Waals surface area contributed by atoms with Crippen molar-refractivity contribution < 1.29 is 4.79 Å². The van der Waals surface area contributed by atoms with Crippen LogP contribution in [-0.2, 0) is 4.79 Å². The summed E-state index contributed by atoms with van der Waals surface area (Å²) in [6.07, 6.45) is 6.02. The zero-order chi connectivity index (χ0) is 10.8. The first-order chi connectivity index (χ1) is 7.20. The highest BCUT2D eigenvalue weighted by Gasteiger charge is 2.34. The first kappa shape index (κ1) is 10.9. The highest BCUT2D eigenvalue weighted by molar-refractivity contribution is 5.82. The predicted molar refractivity (Wildman–Crippen MR) is 60.6 cm³/mol. The summed E-state index contributed by atoms with van der Waals surface area (Å²) in [4.78, 5) is 14.1. The fourth-order valence-electron chi connectivity index (χ4n) is 2.40. The van der Waals surface area contributed by atoms with Gasteiger partial charge in [-0.05, 0) is 45.1 Å². The molecule has 86 valence electrons. The van der Waals surface area contributed by atoms with Crippen molar-refractivity contribution >= 4 is 5.91 Å².